The van der Waals surface area contributed by atoms with E-state index in [0.29, 0.717) is 34.2 Å². The number of anilines is 3. The van der Waals surface area contributed by atoms with Crippen molar-refractivity contribution in [2.45, 2.75) is 6.04 Å². The third kappa shape index (κ3) is 3.29. The van der Waals surface area contributed by atoms with Gasteiger partial charge in [-0.3, -0.25) is 5.32 Å². The van der Waals surface area contributed by atoms with E-state index in [-0.39, 0.29) is 29.8 Å². The van der Waals surface area contributed by atoms with E-state index in [9.17, 15) is 10.5 Å². The highest BCUT2D eigenvalue weighted by Gasteiger charge is 2.32. The number of methoxy groups -OCH3 is 1. The van der Waals surface area contributed by atoms with E-state index in [4.69, 9.17) is 25.7 Å². The average Bonchev–Trinajstić information content (AvgIpc) is 3.31. The van der Waals surface area contributed by atoms with Gasteiger partial charge in [0.2, 0.25) is 12.8 Å². The van der Waals surface area contributed by atoms with Gasteiger partial charge >= 0.3 is 0 Å². The summed E-state index contributed by atoms with van der Waals surface area (Å²) in [6, 6.07) is 12.5. The molecule has 1 aromatic heterocycles. The Morgan fingerprint density at radius 2 is 1.88 bits per heavy atom. The summed E-state index contributed by atoms with van der Waals surface area (Å²) in [5.74, 6) is 2.27. The topological polar surface area (TPSA) is 177 Å². The van der Waals surface area contributed by atoms with Crippen molar-refractivity contribution in [1.82, 2.24) is 10.3 Å². The van der Waals surface area contributed by atoms with E-state index in [1.54, 1.807) is 7.11 Å². The van der Waals surface area contributed by atoms with Crippen LogP contribution < -0.4 is 36.3 Å². The molecule has 0 spiro atoms. The summed E-state index contributed by atoms with van der Waals surface area (Å²) in [6.07, 6.45) is 1.85. The molecule has 2 aromatic carbocycles. The van der Waals surface area contributed by atoms with Crippen molar-refractivity contribution in [2.24, 2.45) is 4.99 Å². The second kappa shape index (κ2) is 8.07. The lowest BCUT2D eigenvalue weighted by Gasteiger charge is -2.27. The van der Waals surface area contributed by atoms with Gasteiger partial charge in [0.1, 0.15) is 35.1 Å². The first kappa shape index (κ1) is 20.7. The number of hydrogen-bond acceptors (Lipinski definition) is 11. The van der Waals surface area contributed by atoms with Crippen LogP contribution in [0.2, 0.25) is 0 Å². The number of nitrogens with zero attached hydrogens (tertiary/aromatic N) is 4. The third-order valence-corrected chi connectivity index (χ3v) is 5.60. The van der Waals surface area contributed by atoms with Gasteiger partial charge in [0.25, 0.3) is 0 Å². The zero-order valence-electron chi connectivity index (χ0n) is 17.9. The Morgan fingerprint density at radius 3 is 2.56 bits per heavy atom. The van der Waals surface area contributed by atoms with Gasteiger partial charge in [-0.2, -0.15) is 10.5 Å². The van der Waals surface area contributed by atoms with Crippen LogP contribution in [0.15, 0.2) is 41.4 Å². The van der Waals surface area contributed by atoms with Gasteiger partial charge in [0.05, 0.1) is 12.8 Å². The molecule has 0 bridgehead atoms. The predicted octanol–water partition coefficient (Wildman–Crippen LogP) is 2.46. The molecule has 0 saturated heterocycles. The summed E-state index contributed by atoms with van der Waals surface area (Å²) in [5.41, 5.74) is 15.4. The predicted molar refractivity (Wildman–Crippen MR) is 124 cm³/mol. The van der Waals surface area contributed by atoms with Crippen LogP contribution in [0.25, 0.3) is 11.1 Å². The first-order chi connectivity index (χ1) is 16.5. The van der Waals surface area contributed by atoms with Crippen molar-refractivity contribution >= 4 is 23.3 Å². The minimum absolute atomic E-state index is 0.0238. The van der Waals surface area contributed by atoms with Crippen LogP contribution >= 0.6 is 0 Å². The van der Waals surface area contributed by atoms with Crippen molar-refractivity contribution in [2.75, 3.05) is 30.7 Å². The number of hydrogen-bond donors (Lipinski definition) is 4. The number of rotatable bonds is 3. The Balaban J connectivity index is 1.78. The Kier molecular flexibility index (Phi) is 4.92. The molecule has 6 N–H and O–H groups in total. The van der Waals surface area contributed by atoms with E-state index in [2.05, 4.69) is 20.6 Å². The monoisotopic (exact) mass is 454 g/mol. The molecule has 0 amide bonds. The van der Waals surface area contributed by atoms with Crippen LogP contribution in [0.5, 0.6) is 17.2 Å². The van der Waals surface area contributed by atoms with Crippen molar-refractivity contribution in [3.8, 4) is 40.6 Å². The largest absolute Gasteiger partial charge is 0.497 e. The zero-order valence-corrected chi connectivity index (χ0v) is 17.9. The minimum atomic E-state index is -0.737. The lowest BCUT2D eigenvalue weighted by molar-refractivity contribution is 0.174. The van der Waals surface area contributed by atoms with Crippen molar-refractivity contribution in [3.63, 3.8) is 0 Å². The normalized spacial score (nSPS) is 15.3. The molecule has 2 aliphatic rings. The van der Waals surface area contributed by atoms with Gasteiger partial charge in [-0.05, 0) is 41.0 Å². The summed E-state index contributed by atoms with van der Waals surface area (Å²) < 4.78 is 16.5. The molecule has 11 heteroatoms. The van der Waals surface area contributed by atoms with Gasteiger partial charge in [0.15, 0.2) is 17.7 Å². The van der Waals surface area contributed by atoms with E-state index in [1.807, 2.05) is 48.7 Å². The van der Waals surface area contributed by atoms with Crippen molar-refractivity contribution in [1.29, 1.82) is 10.5 Å². The molecule has 0 radical (unpaired) electrons. The first-order valence-electron chi connectivity index (χ1n) is 10.1. The number of aromatic nitrogens is 1. The fraction of sp³-hybridized carbons (Fsp3) is 0.130. The fourth-order valence-electron chi connectivity index (χ4n) is 4.01. The maximum atomic E-state index is 9.59. The van der Waals surface area contributed by atoms with E-state index < -0.39 is 6.04 Å². The molecule has 3 aromatic rings. The Hall–Kier alpha value is -5.16. The maximum Gasteiger partial charge on any atom is 0.231 e. The second-order valence-electron chi connectivity index (χ2n) is 7.42. The fourth-order valence-corrected chi connectivity index (χ4v) is 4.01. The Labute approximate surface area is 194 Å². The molecule has 0 fully saturated rings. The number of benzene rings is 2. The highest BCUT2D eigenvalue weighted by Crippen LogP contribution is 2.47. The Bertz CT molecular complexity index is 1420. The lowest BCUT2D eigenvalue weighted by atomic mass is 9.88. The lowest BCUT2D eigenvalue weighted by Crippen LogP contribution is -2.33. The molecule has 1 atom stereocenters. The smallest absolute Gasteiger partial charge is 0.231 e. The first-order valence-corrected chi connectivity index (χ1v) is 10.1. The van der Waals surface area contributed by atoms with Crippen LogP contribution in [0.3, 0.4) is 0 Å². The number of nitriles is 2. The molecular weight excluding hydrogens is 436 g/mol. The van der Waals surface area contributed by atoms with Crippen molar-refractivity contribution in [3.05, 3.63) is 53.1 Å². The molecular formula is C23H18N8O3. The standard InChI is InChI=1S/C23H18N8O3/c1-32-12-4-2-11(3-5-12)13-6-16-17(34-10-33-16)7-14(13)20-18-19(26)15(8-24)21(27)30-22(18)31-23(29-20)28-9-25/h2-7,20H,10H2,1H3,(H6,26,27,28,29,30,31). The summed E-state index contributed by atoms with van der Waals surface area (Å²) in [6.45, 7) is 0.0902. The SMILES string of the molecule is COc1ccc(-c2cc3c(cc2C2N=C(NC#N)Nc4nc(N)c(C#N)c(N)c42)OCO3)cc1. The molecule has 0 saturated carbocycles. The number of fused-ring (bicyclic) bond motifs is 2. The van der Waals surface area contributed by atoms with Crippen LogP contribution in [-0.4, -0.2) is 24.8 Å². The summed E-state index contributed by atoms with van der Waals surface area (Å²) >= 11 is 0. The van der Waals surface area contributed by atoms with Gasteiger partial charge in [0, 0.05) is 5.56 Å². The number of nitrogens with two attached hydrogens (primary N) is 2. The quantitative estimate of drug-likeness (QED) is 0.339. The number of nitrogens with one attached hydrogen (secondary N) is 2. The molecule has 168 valence electrons. The average molecular weight is 454 g/mol. The van der Waals surface area contributed by atoms with Gasteiger partial charge in [-0.15, -0.1) is 0 Å². The number of pyridine rings is 1. The highest BCUT2D eigenvalue weighted by molar-refractivity contribution is 5.98. The van der Waals surface area contributed by atoms with Crippen LogP contribution in [0.1, 0.15) is 22.7 Å². The minimum Gasteiger partial charge on any atom is -0.497 e. The maximum absolute atomic E-state index is 9.59. The molecule has 11 nitrogen and oxygen atoms in total. The number of guanidine groups is 1. The van der Waals surface area contributed by atoms with Gasteiger partial charge in [-0.25, -0.2) is 9.98 Å². The van der Waals surface area contributed by atoms with E-state index in [1.165, 1.54) is 0 Å². The highest BCUT2D eigenvalue weighted by atomic mass is 16.7. The molecule has 0 aliphatic carbocycles. The summed E-state index contributed by atoms with van der Waals surface area (Å²) in [4.78, 5) is 8.99. The summed E-state index contributed by atoms with van der Waals surface area (Å²) in [7, 11) is 1.60. The Morgan fingerprint density at radius 1 is 1.15 bits per heavy atom. The van der Waals surface area contributed by atoms with Gasteiger partial charge in [-0.1, -0.05) is 12.1 Å². The molecule has 1 unspecified atom stereocenters. The van der Waals surface area contributed by atoms with E-state index in [0.717, 1.165) is 11.1 Å². The molecule has 3 heterocycles. The number of nitrogen functional groups attached to an aromatic ring is 2. The molecule has 5 rings (SSSR count). The zero-order chi connectivity index (χ0) is 23.8. The van der Waals surface area contributed by atoms with E-state index >= 15 is 0 Å². The molecule has 2 aliphatic heterocycles. The van der Waals surface area contributed by atoms with Crippen LogP contribution in [-0.2, 0) is 0 Å². The second-order valence-corrected chi connectivity index (χ2v) is 7.42. The van der Waals surface area contributed by atoms with Crippen LogP contribution in [0.4, 0.5) is 17.3 Å². The molecule has 34 heavy (non-hydrogen) atoms. The van der Waals surface area contributed by atoms with Crippen LogP contribution in [0, 0.1) is 22.8 Å². The van der Waals surface area contributed by atoms with Gasteiger partial charge < -0.3 is 31.0 Å². The number of ether oxygens (including phenoxy) is 3. The van der Waals surface area contributed by atoms with Crippen molar-refractivity contribution < 1.29 is 14.2 Å². The number of aliphatic imine (C=N–C) groups is 1. The third-order valence-electron chi connectivity index (χ3n) is 5.60. The summed E-state index contributed by atoms with van der Waals surface area (Å²) in [5, 5.41) is 24.2.